The molecule has 0 aliphatic heterocycles. The number of nitrogens with zero attached hydrogens (tertiary/aromatic N) is 1. The molecular weight excluding hydrogens is 346 g/mol. The Hall–Kier alpha value is -1.27. The minimum Gasteiger partial charge on any atom is -0.436 e. The number of alkyl halides is 3. The Kier molecular flexibility index (Phi) is 4.01. The van der Waals surface area contributed by atoms with E-state index in [9.17, 15) is 13.2 Å². The van der Waals surface area contributed by atoms with Crippen LogP contribution in [0.1, 0.15) is 5.56 Å². The van der Waals surface area contributed by atoms with Crippen LogP contribution in [0.25, 0.3) is 0 Å². The van der Waals surface area contributed by atoms with Crippen molar-refractivity contribution in [3.05, 3.63) is 51.6 Å². The maximum Gasteiger partial charge on any atom is 0.417 e. The first-order valence-corrected chi connectivity index (χ1v) is 6.21. The molecule has 0 fully saturated rings. The molecule has 1 aromatic heterocycles. The molecule has 0 atom stereocenters. The third-order valence-corrected chi connectivity index (χ3v) is 3.19. The zero-order valence-electron chi connectivity index (χ0n) is 9.21. The average molecular weight is 353 g/mol. The molecule has 1 aromatic carbocycles. The molecule has 0 bridgehead atoms. The van der Waals surface area contributed by atoms with Gasteiger partial charge in [0.25, 0.3) is 0 Å². The highest BCUT2D eigenvalue weighted by atomic mass is 79.9. The van der Waals surface area contributed by atoms with Crippen molar-refractivity contribution in [1.29, 1.82) is 0 Å². The molecule has 2 aromatic rings. The zero-order chi connectivity index (χ0) is 14.0. The summed E-state index contributed by atoms with van der Waals surface area (Å²) >= 11 is 8.89. The van der Waals surface area contributed by atoms with Crippen molar-refractivity contribution >= 4 is 27.5 Å². The smallest absolute Gasteiger partial charge is 0.417 e. The summed E-state index contributed by atoms with van der Waals surface area (Å²) in [7, 11) is 0. The Morgan fingerprint density at radius 2 is 1.89 bits per heavy atom. The molecule has 0 unspecified atom stereocenters. The lowest BCUT2D eigenvalue weighted by molar-refractivity contribution is -0.137. The maximum absolute atomic E-state index is 12.7. The monoisotopic (exact) mass is 351 g/mol. The molecule has 19 heavy (non-hydrogen) atoms. The first-order chi connectivity index (χ1) is 8.89. The van der Waals surface area contributed by atoms with Gasteiger partial charge in [0.1, 0.15) is 5.75 Å². The molecular formula is C12H6BrClF3NO. The predicted molar refractivity (Wildman–Crippen MR) is 68.5 cm³/mol. The summed E-state index contributed by atoms with van der Waals surface area (Å²) < 4.78 is 43.8. The third kappa shape index (κ3) is 3.19. The molecule has 0 saturated heterocycles. The second-order valence-corrected chi connectivity index (χ2v) is 4.74. The number of hydrogen-bond acceptors (Lipinski definition) is 2. The normalized spacial score (nSPS) is 11.4. The number of hydrogen-bond donors (Lipinski definition) is 0. The Morgan fingerprint density at radius 1 is 1.16 bits per heavy atom. The Labute approximate surface area is 120 Å². The summed E-state index contributed by atoms with van der Waals surface area (Å²) in [6.45, 7) is 0. The van der Waals surface area contributed by atoms with Crippen LogP contribution in [0.2, 0.25) is 5.02 Å². The SMILES string of the molecule is FC(F)(F)c1cccc(Oc2ncccc2Br)c1Cl. The van der Waals surface area contributed by atoms with E-state index in [2.05, 4.69) is 20.9 Å². The van der Waals surface area contributed by atoms with E-state index < -0.39 is 16.8 Å². The number of benzene rings is 1. The van der Waals surface area contributed by atoms with Crippen molar-refractivity contribution in [2.45, 2.75) is 6.18 Å². The number of ether oxygens (including phenoxy) is 1. The quantitative estimate of drug-likeness (QED) is 0.731. The van der Waals surface area contributed by atoms with Crippen LogP contribution in [0.4, 0.5) is 13.2 Å². The van der Waals surface area contributed by atoms with E-state index in [1.54, 1.807) is 12.1 Å². The fourth-order valence-electron chi connectivity index (χ4n) is 1.36. The molecule has 7 heteroatoms. The van der Waals surface area contributed by atoms with E-state index in [0.29, 0.717) is 4.47 Å². The summed E-state index contributed by atoms with van der Waals surface area (Å²) in [5.74, 6) is 0.0413. The van der Waals surface area contributed by atoms with Crippen LogP contribution in [0.3, 0.4) is 0 Å². The second kappa shape index (κ2) is 5.38. The number of rotatable bonds is 2. The van der Waals surface area contributed by atoms with Crippen LogP contribution < -0.4 is 4.74 Å². The molecule has 0 N–H and O–H groups in total. The van der Waals surface area contributed by atoms with Crippen LogP contribution in [-0.2, 0) is 6.18 Å². The van der Waals surface area contributed by atoms with Gasteiger partial charge >= 0.3 is 6.18 Å². The highest BCUT2D eigenvalue weighted by Crippen LogP contribution is 2.41. The molecule has 0 aliphatic carbocycles. The minimum atomic E-state index is -4.53. The average Bonchev–Trinajstić information content (AvgIpc) is 2.33. The van der Waals surface area contributed by atoms with Crippen molar-refractivity contribution in [2.75, 3.05) is 0 Å². The first kappa shape index (κ1) is 14.1. The highest BCUT2D eigenvalue weighted by Gasteiger charge is 2.34. The molecule has 0 amide bonds. The van der Waals surface area contributed by atoms with Gasteiger partial charge in [-0.25, -0.2) is 4.98 Å². The van der Waals surface area contributed by atoms with Gasteiger partial charge in [0.15, 0.2) is 0 Å². The first-order valence-electron chi connectivity index (χ1n) is 5.03. The summed E-state index contributed by atoms with van der Waals surface area (Å²) in [4.78, 5) is 3.90. The summed E-state index contributed by atoms with van der Waals surface area (Å²) in [6.07, 6.45) is -3.07. The molecule has 100 valence electrons. The summed E-state index contributed by atoms with van der Waals surface area (Å²) in [5, 5.41) is -0.493. The van der Waals surface area contributed by atoms with Crippen molar-refractivity contribution in [1.82, 2.24) is 4.98 Å². The van der Waals surface area contributed by atoms with Crippen molar-refractivity contribution < 1.29 is 17.9 Å². The van der Waals surface area contributed by atoms with Crippen LogP contribution >= 0.6 is 27.5 Å². The molecule has 0 aliphatic rings. The molecule has 0 radical (unpaired) electrons. The molecule has 1 heterocycles. The topological polar surface area (TPSA) is 22.1 Å². The van der Waals surface area contributed by atoms with Gasteiger partial charge in [-0.2, -0.15) is 13.2 Å². The van der Waals surface area contributed by atoms with Gasteiger partial charge in [0.2, 0.25) is 5.88 Å². The fraction of sp³-hybridized carbons (Fsp3) is 0.0833. The van der Waals surface area contributed by atoms with E-state index >= 15 is 0 Å². The van der Waals surface area contributed by atoms with Gasteiger partial charge < -0.3 is 4.74 Å². The van der Waals surface area contributed by atoms with Crippen molar-refractivity contribution in [3.63, 3.8) is 0 Å². The Balaban J connectivity index is 2.40. The molecule has 2 rings (SSSR count). The van der Waals surface area contributed by atoms with E-state index in [-0.39, 0.29) is 11.6 Å². The zero-order valence-corrected chi connectivity index (χ0v) is 11.6. The lowest BCUT2D eigenvalue weighted by Crippen LogP contribution is -2.06. The highest BCUT2D eigenvalue weighted by molar-refractivity contribution is 9.10. The van der Waals surface area contributed by atoms with Gasteiger partial charge in [-0.15, -0.1) is 0 Å². The van der Waals surface area contributed by atoms with Gasteiger partial charge in [-0.3, -0.25) is 0 Å². The molecule has 2 nitrogen and oxygen atoms in total. The Bertz CT molecular complexity index is 604. The van der Waals surface area contributed by atoms with E-state index in [4.69, 9.17) is 16.3 Å². The molecule has 0 spiro atoms. The van der Waals surface area contributed by atoms with Gasteiger partial charge in [0.05, 0.1) is 15.1 Å². The fourth-order valence-corrected chi connectivity index (χ4v) is 1.97. The van der Waals surface area contributed by atoms with Gasteiger partial charge in [-0.05, 0) is 40.2 Å². The van der Waals surface area contributed by atoms with Crippen LogP contribution in [0, 0.1) is 0 Å². The second-order valence-electron chi connectivity index (χ2n) is 3.51. The number of pyridine rings is 1. The van der Waals surface area contributed by atoms with E-state index in [0.717, 1.165) is 6.07 Å². The molecule has 0 saturated carbocycles. The van der Waals surface area contributed by atoms with Crippen molar-refractivity contribution in [2.24, 2.45) is 0 Å². The van der Waals surface area contributed by atoms with E-state index in [1.807, 2.05) is 0 Å². The number of aromatic nitrogens is 1. The summed E-state index contributed by atoms with van der Waals surface area (Å²) in [6, 6.07) is 6.77. The van der Waals surface area contributed by atoms with Crippen LogP contribution in [-0.4, -0.2) is 4.98 Å². The predicted octanol–water partition coefficient (Wildman–Crippen LogP) is 5.31. The van der Waals surface area contributed by atoms with Crippen molar-refractivity contribution in [3.8, 4) is 11.6 Å². The lowest BCUT2D eigenvalue weighted by atomic mass is 10.2. The maximum atomic E-state index is 12.7. The van der Waals surface area contributed by atoms with Crippen LogP contribution in [0.15, 0.2) is 41.0 Å². The Morgan fingerprint density at radius 3 is 2.53 bits per heavy atom. The minimum absolute atomic E-state index is 0.101. The number of halogens is 5. The standard InChI is InChI=1S/C12H6BrClF3NO/c13-8-4-2-6-18-11(8)19-9-5-1-3-7(10(9)14)12(15,16)17/h1-6H. The third-order valence-electron chi connectivity index (χ3n) is 2.20. The lowest BCUT2D eigenvalue weighted by Gasteiger charge is -2.13. The largest absolute Gasteiger partial charge is 0.436 e. The van der Waals surface area contributed by atoms with Gasteiger partial charge in [0, 0.05) is 6.20 Å². The summed E-state index contributed by atoms with van der Waals surface area (Å²) in [5.41, 5.74) is -0.946. The van der Waals surface area contributed by atoms with Gasteiger partial charge in [-0.1, -0.05) is 17.7 Å². The van der Waals surface area contributed by atoms with E-state index in [1.165, 1.54) is 18.3 Å². The van der Waals surface area contributed by atoms with Crippen LogP contribution in [0.5, 0.6) is 11.6 Å².